The van der Waals surface area contributed by atoms with Crippen molar-refractivity contribution in [3.05, 3.63) is 30.3 Å². The summed E-state index contributed by atoms with van der Waals surface area (Å²) in [5.41, 5.74) is 0. The van der Waals surface area contributed by atoms with Crippen LogP contribution in [0.1, 0.15) is 27.2 Å². The molecule has 0 spiro atoms. The van der Waals surface area contributed by atoms with Gasteiger partial charge in [0, 0.05) is 19.0 Å². The molecule has 0 amide bonds. The fraction of sp³-hybridized carbons (Fsp3) is 0.533. The first kappa shape index (κ1) is 13.1. The van der Waals surface area contributed by atoms with Crippen LogP contribution in [-0.4, -0.2) is 35.4 Å². The third kappa shape index (κ3) is 2.91. The van der Waals surface area contributed by atoms with Gasteiger partial charge in [-0.15, -0.1) is 0 Å². The van der Waals surface area contributed by atoms with Crippen molar-refractivity contribution in [2.45, 2.75) is 45.4 Å². The molecule has 2 rings (SSSR count). The maximum atomic E-state index is 11.7. The van der Waals surface area contributed by atoms with Gasteiger partial charge in [0.05, 0.1) is 6.04 Å². The van der Waals surface area contributed by atoms with Gasteiger partial charge in [-0.1, -0.05) is 18.2 Å². The zero-order valence-electron chi connectivity index (χ0n) is 11.3. The maximum Gasteiger partial charge on any atom is 0.147 e. The number of ketones is 1. The van der Waals surface area contributed by atoms with Crippen molar-refractivity contribution >= 4 is 5.78 Å². The van der Waals surface area contributed by atoms with E-state index in [0.29, 0.717) is 6.04 Å². The van der Waals surface area contributed by atoms with Crippen molar-refractivity contribution in [2.75, 3.05) is 6.54 Å². The average Bonchev–Trinajstić information content (AvgIpc) is 2.74. The van der Waals surface area contributed by atoms with E-state index in [2.05, 4.69) is 18.7 Å². The Morgan fingerprint density at radius 2 is 2.00 bits per heavy atom. The standard InChI is InChI=1S/C15H21NO2/c1-11(2)16-10-14(9-15(16)12(3)17)18-13-7-5-4-6-8-13/h4-8,11,14-15H,9-10H2,1-3H3/t14-,15+/m1/s1. The van der Waals surface area contributed by atoms with Crippen LogP contribution < -0.4 is 4.74 Å². The third-order valence-electron chi connectivity index (χ3n) is 3.48. The highest BCUT2D eigenvalue weighted by Crippen LogP contribution is 2.25. The van der Waals surface area contributed by atoms with Crippen LogP contribution in [0.3, 0.4) is 0 Å². The van der Waals surface area contributed by atoms with Gasteiger partial charge in [0.1, 0.15) is 17.6 Å². The summed E-state index contributed by atoms with van der Waals surface area (Å²) in [5.74, 6) is 1.12. The lowest BCUT2D eigenvalue weighted by Gasteiger charge is -2.25. The van der Waals surface area contributed by atoms with Crippen molar-refractivity contribution < 1.29 is 9.53 Å². The fourth-order valence-corrected chi connectivity index (χ4v) is 2.57. The second kappa shape index (κ2) is 5.53. The number of carbonyl (C=O) groups excluding carboxylic acids is 1. The van der Waals surface area contributed by atoms with E-state index < -0.39 is 0 Å². The fourth-order valence-electron chi connectivity index (χ4n) is 2.57. The molecule has 0 saturated carbocycles. The zero-order valence-corrected chi connectivity index (χ0v) is 11.3. The lowest BCUT2D eigenvalue weighted by molar-refractivity contribution is -0.121. The van der Waals surface area contributed by atoms with Crippen molar-refractivity contribution in [1.82, 2.24) is 4.90 Å². The molecule has 3 nitrogen and oxygen atoms in total. The van der Waals surface area contributed by atoms with Gasteiger partial charge in [0.25, 0.3) is 0 Å². The third-order valence-corrected chi connectivity index (χ3v) is 3.48. The maximum absolute atomic E-state index is 11.7. The SMILES string of the molecule is CC(=O)[C@@H]1C[C@@H](Oc2ccccc2)CN1C(C)C. The second-order valence-corrected chi connectivity index (χ2v) is 5.21. The topological polar surface area (TPSA) is 29.5 Å². The summed E-state index contributed by atoms with van der Waals surface area (Å²) in [6.45, 7) is 6.75. The lowest BCUT2D eigenvalue weighted by Crippen LogP contribution is -2.39. The molecule has 1 aromatic carbocycles. The predicted molar refractivity (Wildman–Crippen MR) is 71.8 cm³/mol. The molecule has 0 radical (unpaired) electrons. The summed E-state index contributed by atoms with van der Waals surface area (Å²) >= 11 is 0. The van der Waals surface area contributed by atoms with E-state index in [9.17, 15) is 4.79 Å². The predicted octanol–water partition coefficient (Wildman–Crippen LogP) is 2.51. The van der Waals surface area contributed by atoms with E-state index in [1.54, 1.807) is 6.92 Å². The first-order valence-corrected chi connectivity index (χ1v) is 6.56. The zero-order chi connectivity index (χ0) is 13.1. The molecule has 1 aliphatic rings. The van der Waals surface area contributed by atoms with Gasteiger partial charge in [-0.05, 0) is 32.9 Å². The van der Waals surface area contributed by atoms with Gasteiger partial charge in [0.15, 0.2) is 0 Å². The number of benzene rings is 1. The molecule has 0 bridgehead atoms. The number of carbonyl (C=O) groups is 1. The molecule has 18 heavy (non-hydrogen) atoms. The van der Waals surface area contributed by atoms with E-state index in [4.69, 9.17) is 4.74 Å². The van der Waals surface area contributed by atoms with Crippen LogP contribution in [0.25, 0.3) is 0 Å². The molecule has 0 aromatic heterocycles. The van der Waals surface area contributed by atoms with Crippen LogP contribution in [0.15, 0.2) is 30.3 Å². The normalized spacial score (nSPS) is 24.4. The van der Waals surface area contributed by atoms with Crippen LogP contribution in [0.2, 0.25) is 0 Å². The summed E-state index contributed by atoms with van der Waals surface area (Å²) in [6, 6.07) is 10.2. The molecule has 1 heterocycles. The van der Waals surface area contributed by atoms with Crippen LogP contribution in [0.4, 0.5) is 0 Å². The number of rotatable bonds is 4. The largest absolute Gasteiger partial charge is 0.489 e. The van der Waals surface area contributed by atoms with E-state index in [1.165, 1.54) is 0 Å². The molecule has 3 heteroatoms. The summed E-state index contributed by atoms with van der Waals surface area (Å²) < 4.78 is 5.94. The minimum Gasteiger partial charge on any atom is -0.489 e. The van der Waals surface area contributed by atoms with E-state index in [-0.39, 0.29) is 17.9 Å². The highest BCUT2D eigenvalue weighted by molar-refractivity contribution is 5.81. The molecule has 1 fully saturated rings. The van der Waals surface area contributed by atoms with E-state index >= 15 is 0 Å². The monoisotopic (exact) mass is 247 g/mol. The van der Waals surface area contributed by atoms with Gasteiger partial charge >= 0.3 is 0 Å². The number of hydrogen-bond donors (Lipinski definition) is 0. The van der Waals surface area contributed by atoms with Crippen molar-refractivity contribution in [2.24, 2.45) is 0 Å². The minimum atomic E-state index is 0.0127. The molecule has 98 valence electrons. The van der Waals surface area contributed by atoms with Gasteiger partial charge in [0.2, 0.25) is 0 Å². The number of Topliss-reactive ketones (excluding diaryl/α,β-unsaturated/α-hetero) is 1. The molecule has 1 aliphatic heterocycles. The van der Waals surface area contributed by atoms with E-state index in [0.717, 1.165) is 18.7 Å². The van der Waals surface area contributed by atoms with Gasteiger partial charge in [-0.3, -0.25) is 9.69 Å². The molecule has 0 unspecified atom stereocenters. The number of nitrogens with zero attached hydrogens (tertiary/aromatic N) is 1. The highest BCUT2D eigenvalue weighted by Gasteiger charge is 2.37. The first-order valence-electron chi connectivity index (χ1n) is 6.56. The number of para-hydroxylation sites is 1. The Labute approximate surface area is 109 Å². The number of hydrogen-bond acceptors (Lipinski definition) is 3. The Morgan fingerprint density at radius 3 is 2.50 bits per heavy atom. The number of likely N-dealkylation sites (tertiary alicyclic amines) is 1. The average molecular weight is 247 g/mol. The minimum absolute atomic E-state index is 0.0127. The summed E-state index contributed by atoms with van der Waals surface area (Å²) in [4.78, 5) is 13.9. The Bertz CT molecular complexity index is 402. The van der Waals surface area contributed by atoms with Gasteiger partial charge in [-0.2, -0.15) is 0 Å². The van der Waals surface area contributed by atoms with Crippen molar-refractivity contribution in [1.29, 1.82) is 0 Å². The van der Waals surface area contributed by atoms with Gasteiger partial charge in [-0.25, -0.2) is 0 Å². The van der Waals surface area contributed by atoms with Crippen molar-refractivity contribution in [3.8, 4) is 5.75 Å². The first-order chi connectivity index (χ1) is 8.58. The lowest BCUT2D eigenvalue weighted by atomic mass is 10.1. The molecule has 2 atom stereocenters. The molecular weight excluding hydrogens is 226 g/mol. The second-order valence-electron chi connectivity index (χ2n) is 5.21. The Hall–Kier alpha value is -1.35. The van der Waals surface area contributed by atoms with Crippen molar-refractivity contribution in [3.63, 3.8) is 0 Å². The Morgan fingerprint density at radius 1 is 1.33 bits per heavy atom. The molecular formula is C15H21NO2. The van der Waals surface area contributed by atoms with E-state index in [1.807, 2.05) is 30.3 Å². The Kier molecular flexibility index (Phi) is 4.02. The summed E-state index contributed by atoms with van der Waals surface area (Å²) in [6.07, 6.45) is 0.909. The molecule has 0 N–H and O–H groups in total. The molecule has 1 saturated heterocycles. The van der Waals surface area contributed by atoms with Crippen LogP contribution in [0, 0.1) is 0 Å². The summed E-state index contributed by atoms with van der Waals surface area (Å²) in [7, 11) is 0. The smallest absolute Gasteiger partial charge is 0.147 e. The van der Waals surface area contributed by atoms with Crippen LogP contribution >= 0.6 is 0 Å². The molecule has 1 aromatic rings. The van der Waals surface area contributed by atoms with Crippen LogP contribution in [-0.2, 0) is 4.79 Å². The van der Waals surface area contributed by atoms with Gasteiger partial charge < -0.3 is 4.74 Å². The number of ether oxygens (including phenoxy) is 1. The molecule has 0 aliphatic carbocycles. The van der Waals surface area contributed by atoms with Crippen LogP contribution in [0.5, 0.6) is 5.75 Å². The summed E-state index contributed by atoms with van der Waals surface area (Å²) in [5, 5.41) is 0. The highest BCUT2D eigenvalue weighted by atomic mass is 16.5. The quantitative estimate of drug-likeness (QED) is 0.818. The Balaban J connectivity index is 2.03.